The molecule has 0 radical (unpaired) electrons. The summed E-state index contributed by atoms with van der Waals surface area (Å²) in [4.78, 5) is 24.4. The Bertz CT molecular complexity index is 770. The first-order valence-electron chi connectivity index (χ1n) is 8.33. The maximum absolute atomic E-state index is 12.4. The second-order valence-corrected chi connectivity index (χ2v) is 7.30. The number of fused-ring (bicyclic) bond motifs is 1. The van der Waals surface area contributed by atoms with Crippen LogP contribution in [0.3, 0.4) is 0 Å². The predicted molar refractivity (Wildman–Crippen MR) is 104 cm³/mol. The van der Waals surface area contributed by atoms with Gasteiger partial charge in [-0.15, -0.1) is 0 Å². The van der Waals surface area contributed by atoms with Gasteiger partial charge in [0.05, 0.1) is 5.69 Å². The zero-order chi connectivity index (χ0) is 16.9. The van der Waals surface area contributed by atoms with Gasteiger partial charge in [0.2, 0.25) is 5.91 Å². The molecule has 1 aliphatic rings. The minimum Gasteiger partial charge on any atom is -0.325 e. The maximum Gasteiger partial charge on any atom is 0.224 e. The van der Waals surface area contributed by atoms with Gasteiger partial charge in [-0.2, -0.15) is 0 Å². The van der Waals surface area contributed by atoms with E-state index in [9.17, 15) is 9.59 Å². The minimum atomic E-state index is -0.120. The van der Waals surface area contributed by atoms with Crippen molar-refractivity contribution in [2.75, 3.05) is 5.32 Å². The quantitative estimate of drug-likeness (QED) is 0.546. The van der Waals surface area contributed by atoms with Crippen molar-refractivity contribution in [3.63, 3.8) is 0 Å². The van der Waals surface area contributed by atoms with Gasteiger partial charge in [-0.25, -0.2) is 0 Å². The van der Waals surface area contributed by atoms with Crippen molar-refractivity contribution in [1.29, 1.82) is 0 Å². The number of rotatable bonds is 5. The van der Waals surface area contributed by atoms with Gasteiger partial charge in [-0.1, -0.05) is 24.3 Å². The first kappa shape index (κ1) is 17.1. The van der Waals surface area contributed by atoms with E-state index in [0.717, 1.165) is 27.7 Å². The molecule has 3 rings (SSSR count). The fraction of sp³-hybridized carbons (Fsp3) is 0.300. The maximum atomic E-state index is 12.4. The molecule has 0 heterocycles. The lowest BCUT2D eigenvalue weighted by atomic mass is 9.89. The summed E-state index contributed by atoms with van der Waals surface area (Å²) in [5.41, 5.74) is 4.20. The van der Waals surface area contributed by atoms with Gasteiger partial charge in [-0.05, 0) is 77.6 Å². The molecule has 1 amide bonds. The summed E-state index contributed by atoms with van der Waals surface area (Å²) in [6.07, 6.45) is 5.06. The second kappa shape index (κ2) is 7.92. The molecule has 24 heavy (non-hydrogen) atoms. The third-order valence-electron chi connectivity index (χ3n) is 4.40. The summed E-state index contributed by atoms with van der Waals surface area (Å²) in [6, 6.07) is 13.6. The number of aryl methyl sites for hydroxylation is 2. The number of halogens is 1. The molecule has 0 spiro atoms. The van der Waals surface area contributed by atoms with E-state index in [1.165, 1.54) is 24.0 Å². The molecule has 0 unspecified atom stereocenters. The fourth-order valence-corrected chi connectivity index (χ4v) is 3.58. The molecule has 2 aromatic rings. The van der Waals surface area contributed by atoms with Crippen molar-refractivity contribution in [1.82, 2.24) is 0 Å². The van der Waals surface area contributed by atoms with Crippen LogP contribution in [0.5, 0.6) is 0 Å². The van der Waals surface area contributed by atoms with E-state index in [0.29, 0.717) is 0 Å². The standard InChI is InChI=1S/C20H20INO2/c21-17-7-3-4-8-18(17)22-20(24)12-11-19(23)16-10-9-14-5-1-2-6-15(14)13-16/h3-4,7-10,13H,1-2,5-6,11-12H2,(H,22,24). The summed E-state index contributed by atoms with van der Waals surface area (Å²) in [5, 5.41) is 2.87. The van der Waals surface area contributed by atoms with Crippen LogP contribution in [0.15, 0.2) is 42.5 Å². The Morgan fingerprint density at radius 3 is 2.50 bits per heavy atom. The van der Waals surface area contributed by atoms with Gasteiger partial charge < -0.3 is 5.32 Å². The molecule has 3 nitrogen and oxygen atoms in total. The molecule has 0 fully saturated rings. The number of Topliss-reactive ketones (excluding diaryl/α,β-unsaturated/α-hetero) is 1. The number of benzene rings is 2. The number of anilines is 1. The first-order valence-corrected chi connectivity index (χ1v) is 9.41. The largest absolute Gasteiger partial charge is 0.325 e. The Morgan fingerprint density at radius 2 is 1.71 bits per heavy atom. The lowest BCUT2D eigenvalue weighted by Crippen LogP contribution is -2.14. The van der Waals surface area contributed by atoms with Crippen molar-refractivity contribution in [3.8, 4) is 0 Å². The van der Waals surface area contributed by atoms with E-state index in [2.05, 4.69) is 34.0 Å². The molecular formula is C20H20INO2. The number of para-hydroxylation sites is 1. The molecule has 0 aliphatic heterocycles. The molecule has 0 bridgehead atoms. The van der Waals surface area contributed by atoms with Crippen molar-refractivity contribution in [2.24, 2.45) is 0 Å². The normalized spacial score (nSPS) is 13.2. The summed E-state index contributed by atoms with van der Waals surface area (Å²) in [5.74, 6) is -0.0771. The highest BCUT2D eigenvalue weighted by atomic mass is 127. The molecule has 2 aromatic carbocycles. The Morgan fingerprint density at radius 1 is 0.958 bits per heavy atom. The molecule has 0 saturated carbocycles. The van der Waals surface area contributed by atoms with Crippen LogP contribution in [0.25, 0.3) is 0 Å². The van der Waals surface area contributed by atoms with E-state index in [4.69, 9.17) is 0 Å². The third kappa shape index (κ3) is 4.23. The van der Waals surface area contributed by atoms with Gasteiger partial charge in [0.15, 0.2) is 5.78 Å². The van der Waals surface area contributed by atoms with Crippen molar-refractivity contribution >= 4 is 40.0 Å². The van der Waals surface area contributed by atoms with Crippen LogP contribution in [0.1, 0.15) is 47.2 Å². The highest BCUT2D eigenvalue weighted by Crippen LogP contribution is 2.23. The zero-order valence-corrected chi connectivity index (χ0v) is 15.6. The molecule has 1 N–H and O–H groups in total. The van der Waals surface area contributed by atoms with Gasteiger partial charge in [0.1, 0.15) is 0 Å². The number of amides is 1. The van der Waals surface area contributed by atoms with Crippen LogP contribution < -0.4 is 5.32 Å². The molecule has 124 valence electrons. The summed E-state index contributed by atoms with van der Waals surface area (Å²) >= 11 is 2.18. The smallest absolute Gasteiger partial charge is 0.224 e. The van der Waals surface area contributed by atoms with Crippen LogP contribution >= 0.6 is 22.6 Å². The Balaban J connectivity index is 1.57. The lowest BCUT2D eigenvalue weighted by molar-refractivity contribution is -0.116. The van der Waals surface area contributed by atoms with Crippen LogP contribution in [0, 0.1) is 3.57 Å². The summed E-state index contributed by atoms with van der Waals surface area (Å²) in [6.45, 7) is 0. The van der Waals surface area contributed by atoms with Crippen molar-refractivity contribution in [3.05, 3.63) is 62.7 Å². The molecule has 0 atom stereocenters. The van der Waals surface area contributed by atoms with E-state index in [1.807, 2.05) is 36.4 Å². The third-order valence-corrected chi connectivity index (χ3v) is 5.34. The predicted octanol–water partition coefficient (Wildman–Crippen LogP) is 4.77. The topological polar surface area (TPSA) is 46.2 Å². The average Bonchev–Trinajstić information content (AvgIpc) is 2.61. The molecule has 0 saturated heterocycles. The van der Waals surface area contributed by atoms with E-state index in [-0.39, 0.29) is 24.5 Å². The second-order valence-electron chi connectivity index (χ2n) is 6.14. The number of carbonyl (C=O) groups is 2. The van der Waals surface area contributed by atoms with Crippen LogP contribution in [-0.4, -0.2) is 11.7 Å². The Labute approximate surface area is 156 Å². The molecule has 0 aromatic heterocycles. The van der Waals surface area contributed by atoms with Gasteiger partial charge in [0.25, 0.3) is 0 Å². The summed E-state index contributed by atoms with van der Waals surface area (Å²) in [7, 11) is 0. The average molecular weight is 433 g/mol. The molecular weight excluding hydrogens is 413 g/mol. The lowest BCUT2D eigenvalue weighted by Gasteiger charge is -2.16. The van der Waals surface area contributed by atoms with Crippen molar-refractivity contribution < 1.29 is 9.59 Å². The number of ketones is 1. The SMILES string of the molecule is O=C(CCC(=O)c1ccc2c(c1)CCCC2)Nc1ccccc1I. The van der Waals surface area contributed by atoms with E-state index in [1.54, 1.807) is 0 Å². The van der Waals surface area contributed by atoms with Gasteiger partial charge in [-0.3, -0.25) is 9.59 Å². The highest BCUT2D eigenvalue weighted by molar-refractivity contribution is 14.1. The van der Waals surface area contributed by atoms with Gasteiger partial charge >= 0.3 is 0 Å². The van der Waals surface area contributed by atoms with Crippen LogP contribution in [0.4, 0.5) is 5.69 Å². The van der Waals surface area contributed by atoms with Crippen molar-refractivity contribution in [2.45, 2.75) is 38.5 Å². The number of carbonyl (C=O) groups excluding carboxylic acids is 2. The Kier molecular flexibility index (Phi) is 5.66. The zero-order valence-electron chi connectivity index (χ0n) is 13.5. The van der Waals surface area contributed by atoms with E-state index < -0.39 is 0 Å². The van der Waals surface area contributed by atoms with Gasteiger partial charge in [0, 0.05) is 22.0 Å². The minimum absolute atomic E-state index is 0.0429. The number of nitrogens with one attached hydrogen (secondary N) is 1. The number of hydrogen-bond donors (Lipinski definition) is 1. The Hall–Kier alpha value is -1.69. The first-order chi connectivity index (χ1) is 11.6. The van der Waals surface area contributed by atoms with Crippen LogP contribution in [0.2, 0.25) is 0 Å². The monoisotopic (exact) mass is 433 g/mol. The molecule has 4 heteroatoms. The van der Waals surface area contributed by atoms with E-state index >= 15 is 0 Å². The number of hydrogen-bond acceptors (Lipinski definition) is 2. The summed E-state index contributed by atoms with van der Waals surface area (Å²) < 4.78 is 0.990. The fourth-order valence-electron chi connectivity index (χ4n) is 3.05. The van der Waals surface area contributed by atoms with Crippen LogP contribution in [-0.2, 0) is 17.6 Å². The molecule has 1 aliphatic carbocycles. The highest BCUT2D eigenvalue weighted by Gasteiger charge is 2.14.